The summed E-state index contributed by atoms with van der Waals surface area (Å²) in [7, 11) is 0. The van der Waals surface area contributed by atoms with Crippen LogP contribution < -0.4 is 4.46 Å². The van der Waals surface area contributed by atoms with Crippen LogP contribution in [0.4, 0.5) is 8.78 Å². The monoisotopic (exact) mass is 324 g/mol. The van der Waals surface area contributed by atoms with Gasteiger partial charge in [-0.15, -0.1) is 0 Å². The minimum absolute atomic E-state index is 0.318. The van der Waals surface area contributed by atoms with Gasteiger partial charge in [0.2, 0.25) is 0 Å². The first kappa shape index (κ1) is 15.1. The maximum atomic E-state index is 13.5. The Hall–Kier alpha value is -0.971. The molecule has 0 aliphatic rings. The SMILES string of the molecule is CC(=O)OC(C)COC(F)(F)[Se]c1ccccc1. The van der Waals surface area contributed by atoms with Crippen LogP contribution in [0.3, 0.4) is 0 Å². The van der Waals surface area contributed by atoms with Crippen molar-refractivity contribution in [2.75, 3.05) is 6.61 Å². The molecule has 0 saturated carbocycles. The van der Waals surface area contributed by atoms with E-state index in [1.165, 1.54) is 13.8 Å². The van der Waals surface area contributed by atoms with E-state index in [1.54, 1.807) is 30.3 Å². The van der Waals surface area contributed by atoms with E-state index in [9.17, 15) is 13.6 Å². The van der Waals surface area contributed by atoms with Gasteiger partial charge in [-0.25, -0.2) is 0 Å². The molecule has 0 bridgehead atoms. The van der Waals surface area contributed by atoms with E-state index in [0.29, 0.717) is 4.46 Å². The molecule has 100 valence electrons. The number of benzene rings is 1. The van der Waals surface area contributed by atoms with Crippen molar-refractivity contribution < 1.29 is 23.0 Å². The Morgan fingerprint density at radius 1 is 1.39 bits per heavy atom. The summed E-state index contributed by atoms with van der Waals surface area (Å²) in [5.74, 6) is -0.511. The number of esters is 1. The Kier molecular flexibility index (Phi) is 5.72. The first-order chi connectivity index (χ1) is 8.39. The molecule has 1 unspecified atom stereocenters. The molecule has 0 fully saturated rings. The van der Waals surface area contributed by atoms with Gasteiger partial charge in [-0.05, 0) is 0 Å². The molecule has 1 aromatic carbocycles. The van der Waals surface area contributed by atoms with Crippen molar-refractivity contribution in [3.05, 3.63) is 30.3 Å². The topological polar surface area (TPSA) is 35.5 Å². The summed E-state index contributed by atoms with van der Waals surface area (Å²) < 4.78 is 36.7. The average Bonchev–Trinajstić information content (AvgIpc) is 2.26. The Bertz CT molecular complexity index is 384. The van der Waals surface area contributed by atoms with E-state index in [2.05, 4.69) is 4.74 Å². The third-order valence-corrected chi connectivity index (χ3v) is 3.64. The van der Waals surface area contributed by atoms with Crippen LogP contribution in [-0.2, 0) is 14.3 Å². The van der Waals surface area contributed by atoms with Crippen molar-refractivity contribution in [3.8, 4) is 0 Å². The van der Waals surface area contributed by atoms with Crippen LogP contribution >= 0.6 is 0 Å². The summed E-state index contributed by atoms with van der Waals surface area (Å²) in [6.45, 7) is 2.41. The molecule has 0 aliphatic carbocycles. The Morgan fingerprint density at radius 2 is 2.00 bits per heavy atom. The van der Waals surface area contributed by atoms with Crippen molar-refractivity contribution in [1.82, 2.24) is 0 Å². The molecular weight excluding hydrogens is 309 g/mol. The average molecular weight is 323 g/mol. The summed E-state index contributed by atoms with van der Waals surface area (Å²) in [5, 5.41) is -3.21. The summed E-state index contributed by atoms with van der Waals surface area (Å²) in [6, 6.07) is 8.43. The summed E-state index contributed by atoms with van der Waals surface area (Å²) >= 11 is -1.11. The van der Waals surface area contributed by atoms with Gasteiger partial charge in [0.1, 0.15) is 0 Å². The van der Waals surface area contributed by atoms with E-state index in [4.69, 9.17) is 4.74 Å². The standard InChI is InChI=1S/C12H14F2O3Se/c1-9(17-10(2)15)8-16-12(13,14)18-11-6-4-3-5-7-11/h3-7,9H,8H2,1-2H3. The van der Waals surface area contributed by atoms with Crippen molar-refractivity contribution in [3.63, 3.8) is 0 Å². The Labute approximate surface area is 111 Å². The van der Waals surface area contributed by atoms with Gasteiger partial charge >= 0.3 is 110 Å². The fourth-order valence-electron chi connectivity index (χ4n) is 1.19. The van der Waals surface area contributed by atoms with Crippen LogP contribution in [0.5, 0.6) is 0 Å². The molecule has 0 aromatic heterocycles. The van der Waals surface area contributed by atoms with Gasteiger partial charge in [-0.2, -0.15) is 0 Å². The van der Waals surface area contributed by atoms with Gasteiger partial charge in [-0.3, -0.25) is 0 Å². The fraction of sp³-hybridized carbons (Fsp3) is 0.417. The maximum absolute atomic E-state index is 13.5. The molecule has 0 N–H and O–H groups in total. The molecule has 3 nitrogen and oxygen atoms in total. The van der Waals surface area contributed by atoms with Gasteiger partial charge in [0, 0.05) is 0 Å². The number of halogens is 2. The van der Waals surface area contributed by atoms with Crippen LogP contribution in [-0.4, -0.2) is 38.6 Å². The molecule has 0 heterocycles. The number of carbonyl (C=O) groups excluding carboxylic acids is 1. The van der Waals surface area contributed by atoms with E-state index < -0.39 is 32.0 Å². The number of hydrogen-bond acceptors (Lipinski definition) is 3. The van der Waals surface area contributed by atoms with Gasteiger partial charge in [0.15, 0.2) is 0 Å². The summed E-state index contributed by atoms with van der Waals surface area (Å²) in [4.78, 5) is 10.6. The second-order valence-corrected chi connectivity index (χ2v) is 6.02. The van der Waals surface area contributed by atoms with Crippen LogP contribution in [0.15, 0.2) is 30.3 Å². The number of ether oxygens (including phenoxy) is 2. The zero-order valence-corrected chi connectivity index (χ0v) is 11.8. The number of alkyl halides is 2. The molecule has 18 heavy (non-hydrogen) atoms. The molecule has 1 aromatic rings. The first-order valence-corrected chi connectivity index (χ1v) is 7.03. The second kappa shape index (κ2) is 6.83. The molecule has 0 saturated heterocycles. The van der Waals surface area contributed by atoms with Crippen LogP contribution in [0, 0.1) is 0 Å². The van der Waals surface area contributed by atoms with Crippen LogP contribution in [0.2, 0.25) is 0 Å². The molecule has 1 rings (SSSR count). The van der Waals surface area contributed by atoms with Crippen molar-refractivity contribution in [2.45, 2.75) is 25.0 Å². The molecule has 0 radical (unpaired) electrons. The number of rotatable bonds is 6. The van der Waals surface area contributed by atoms with E-state index >= 15 is 0 Å². The fourth-order valence-corrected chi connectivity index (χ4v) is 2.64. The zero-order valence-electron chi connectivity index (χ0n) is 10.1. The van der Waals surface area contributed by atoms with E-state index in [1.807, 2.05) is 0 Å². The zero-order chi connectivity index (χ0) is 13.6. The molecule has 0 amide bonds. The third kappa shape index (κ3) is 6.10. The molecular formula is C12H14F2O3Se. The predicted molar refractivity (Wildman–Crippen MR) is 64.0 cm³/mol. The molecule has 0 aliphatic heterocycles. The second-order valence-electron chi connectivity index (χ2n) is 3.61. The summed E-state index contributed by atoms with van der Waals surface area (Å²) in [6.07, 6.45) is -0.681. The number of carbonyl (C=O) groups is 1. The van der Waals surface area contributed by atoms with Gasteiger partial charge < -0.3 is 0 Å². The molecule has 1 atom stereocenters. The molecule has 0 spiro atoms. The van der Waals surface area contributed by atoms with E-state index in [-0.39, 0.29) is 6.61 Å². The first-order valence-electron chi connectivity index (χ1n) is 5.32. The normalized spacial score (nSPS) is 13.1. The quantitative estimate of drug-likeness (QED) is 0.588. The van der Waals surface area contributed by atoms with Crippen molar-refractivity contribution in [2.24, 2.45) is 0 Å². The van der Waals surface area contributed by atoms with Crippen LogP contribution in [0.25, 0.3) is 0 Å². The van der Waals surface area contributed by atoms with Crippen molar-refractivity contribution in [1.29, 1.82) is 0 Å². The van der Waals surface area contributed by atoms with E-state index in [0.717, 1.165) is 0 Å². The predicted octanol–water partition coefficient (Wildman–Crippen LogP) is 1.53. The Morgan fingerprint density at radius 3 is 2.56 bits per heavy atom. The minimum atomic E-state index is -3.21. The summed E-state index contributed by atoms with van der Waals surface area (Å²) in [5.41, 5.74) is 0. The van der Waals surface area contributed by atoms with Crippen LogP contribution in [0.1, 0.15) is 13.8 Å². The van der Waals surface area contributed by atoms with Gasteiger partial charge in [0.25, 0.3) is 0 Å². The molecule has 6 heteroatoms. The third-order valence-electron chi connectivity index (χ3n) is 1.83. The Balaban J connectivity index is 2.42. The number of hydrogen-bond donors (Lipinski definition) is 0. The van der Waals surface area contributed by atoms with Crippen molar-refractivity contribution >= 4 is 25.4 Å². The van der Waals surface area contributed by atoms with Gasteiger partial charge in [0.05, 0.1) is 0 Å². The van der Waals surface area contributed by atoms with Gasteiger partial charge in [-0.1, -0.05) is 0 Å².